The number of methoxy groups -OCH3 is 2. The van der Waals surface area contributed by atoms with Crippen LogP contribution in [0.2, 0.25) is 0 Å². The van der Waals surface area contributed by atoms with Gasteiger partial charge in [0.15, 0.2) is 0 Å². The summed E-state index contributed by atoms with van der Waals surface area (Å²) in [5.41, 5.74) is 2.37. The molecule has 0 bridgehead atoms. The first kappa shape index (κ1) is 21.8. The lowest BCUT2D eigenvalue weighted by Gasteiger charge is -2.39. The van der Waals surface area contributed by atoms with E-state index in [1.165, 1.54) is 0 Å². The number of hydrogen-bond donors (Lipinski definition) is 1. The Balaban J connectivity index is 1.61. The number of hydrogen-bond acceptors (Lipinski definition) is 6. The van der Waals surface area contributed by atoms with Crippen molar-refractivity contribution in [3.05, 3.63) is 53.6 Å². The molecule has 0 spiro atoms. The number of benzene rings is 2. The average Bonchev–Trinajstić information content (AvgIpc) is 3.11. The maximum absolute atomic E-state index is 13.4. The van der Waals surface area contributed by atoms with Crippen molar-refractivity contribution in [1.82, 2.24) is 9.80 Å². The maximum Gasteiger partial charge on any atom is 0.409 e. The molecule has 0 aliphatic carbocycles. The summed E-state index contributed by atoms with van der Waals surface area (Å²) in [6.45, 7) is 3.26. The molecule has 1 N–H and O–H groups in total. The van der Waals surface area contributed by atoms with Crippen molar-refractivity contribution >= 4 is 17.7 Å². The third-order valence-corrected chi connectivity index (χ3v) is 6.08. The molecule has 0 aromatic heterocycles. The van der Waals surface area contributed by atoms with Gasteiger partial charge in [-0.15, -0.1) is 0 Å². The SMILES string of the molecule is CCOC(=O)N1CCC(N2C(=O)c3ccccc3[C@H]2Nc2cc(OC)ccc2OC)CC1. The molecule has 1 atom stereocenters. The van der Waals surface area contributed by atoms with Crippen LogP contribution in [0.3, 0.4) is 0 Å². The Labute approximate surface area is 188 Å². The number of amides is 2. The Morgan fingerprint density at radius 3 is 2.53 bits per heavy atom. The number of piperidine rings is 1. The molecule has 8 nitrogen and oxygen atoms in total. The van der Waals surface area contributed by atoms with E-state index in [2.05, 4.69) is 5.32 Å². The first-order chi connectivity index (χ1) is 15.6. The molecule has 170 valence electrons. The number of ether oxygens (including phenoxy) is 3. The topological polar surface area (TPSA) is 80.3 Å². The van der Waals surface area contributed by atoms with Crippen LogP contribution in [0.25, 0.3) is 0 Å². The Morgan fingerprint density at radius 1 is 1.09 bits per heavy atom. The van der Waals surface area contributed by atoms with Crippen LogP contribution in [0.5, 0.6) is 11.5 Å². The van der Waals surface area contributed by atoms with Gasteiger partial charge in [0.25, 0.3) is 5.91 Å². The number of fused-ring (bicyclic) bond motifs is 1. The summed E-state index contributed by atoms with van der Waals surface area (Å²) in [4.78, 5) is 29.1. The Kier molecular flexibility index (Phi) is 6.39. The molecular weight excluding hydrogens is 410 g/mol. The zero-order valence-electron chi connectivity index (χ0n) is 18.7. The van der Waals surface area contributed by atoms with Crippen LogP contribution in [-0.2, 0) is 4.74 Å². The molecular formula is C24H29N3O5. The lowest BCUT2D eigenvalue weighted by Crippen LogP contribution is -2.49. The van der Waals surface area contributed by atoms with Crippen molar-refractivity contribution in [3.8, 4) is 11.5 Å². The number of carbonyl (C=O) groups is 2. The van der Waals surface area contributed by atoms with Gasteiger partial charge >= 0.3 is 6.09 Å². The van der Waals surface area contributed by atoms with Crippen molar-refractivity contribution in [2.75, 3.05) is 39.2 Å². The van der Waals surface area contributed by atoms with E-state index in [9.17, 15) is 9.59 Å². The second-order valence-electron chi connectivity index (χ2n) is 7.83. The first-order valence-corrected chi connectivity index (χ1v) is 10.9. The molecule has 1 saturated heterocycles. The van der Waals surface area contributed by atoms with Gasteiger partial charge in [-0.25, -0.2) is 4.79 Å². The van der Waals surface area contributed by atoms with Gasteiger partial charge in [0.05, 0.1) is 26.5 Å². The molecule has 4 rings (SSSR count). The van der Waals surface area contributed by atoms with Crippen molar-refractivity contribution < 1.29 is 23.8 Å². The second kappa shape index (κ2) is 9.38. The van der Waals surface area contributed by atoms with Crippen LogP contribution >= 0.6 is 0 Å². The van der Waals surface area contributed by atoms with Gasteiger partial charge in [-0.1, -0.05) is 18.2 Å². The highest BCUT2D eigenvalue weighted by Crippen LogP contribution is 2.40. The summed E-state index contributed by atoms with van der Waals surface area (Å²) in [5, 5.41) is 3.52. The van der Waals surface area contributed by atoms with Crippen LogP contribution < -0.4 is 14.8 Å². The van der Waals surface area contributed by atoms with Gasteiger partial charge in [-0.3, -0.25) is 4.79 Å². The van der Waals surface area contributed by atoms with Crippen LogP contribution in [0.15, 0.2) is 42.5 Å². The van der Waals surface area contributed by atoms with Crippen LogP contribution in [0.1, 0.15) is 41.9 Å². The smallest absolute Gasteiger partial charge is 0.409 e. The number of nitrogens with one attached hydrogen (secondary N) is 1. The Bertz CT molecular complexity index is 987. The summed E-state index contributed by atoms with van der Waals surface area (Å²) in [6.07, 6.45) is 0.731. The third-order valence-electron chi connectivity index (χ3n) is 6.08. The lowest BCUT2D eigenvalue weighted by molar-refractivity contribution is 0.0496. The molecule has 2 aromatic rings. The minimum Gasteiger partial charge on any atom is -0.497 e. The first-order valence-electron chi connectivity index (χ1n) is 10.9. The average molecular weight is 440 g/mol. The molecule has 0 saturated carbocycles. The van der Waals surface area contributed by atoms with Gasteiger partial charge in [-0.05, 0) is 38.0 Å². The molecule has 0 unspecified atom stereocenters. The fraction of sp³-hybridized carbons (Fsp3) is 0.417. The van der Waals surface area contributed by atoms with E-state index < -0.39 is 0 Å². The molecule has 2 aliphatic heterocycles. The number of likely N-dealkylation sites (tertiary alicyclic amines) is 1. The van der Waals surface area contributed by atoms with Crippen LogP contribution in [0, 0.1) is 0 Å². The highest BCUT2D eigenvalue weighted by molar-refractivity contribution is 5.99. The summed E-state index contributed by atoms with van der Waals surface area (Å²) in [6, 6.07) is 13.2. The van der Waals surface area contributed by atoms with Crippen molar-refractivity contribution in [2.24, 2.45) is 0 Å². The van der Waals surface area contributed by atoms with E-state index in [-0.39, 0.29) is 24.2 Å². The highest BCUT2D eigenvalue weighted by atomic mass is 16.6. The van der Waals surface area contributed by atoms with Crippen molar-refractivity contribution in [1.29, 1.82) is 0 Å². The van der Waals surface area contributed by atoms with E-state index in [4.69, 9.17) is 14.2 Å². The van der Waals surface area contributed by atoms with Crippen LogP contribution in [0.4, 0.5) is 10.5 Å². The fourth-order valence-electron chi connectivity index (χ4n) is 4.48. The maximum atomic E-state index is 13.4. The number of rotatable bonds is 6. The number of nitrogens with zero attached hydrogens (tertiary/aromatic N) is 2. The summed E-state index contributed by atoms with van der Waals surface area (Å²) in [7, 11) is 3.23. The zero-order valence-corrected chi connectivity index (χ0v) is 18.7. The molecule has 2 amide bonds. The van der Waals surface area contributed by atoms with Crippen molar-refractivity contribution in [2.45, 2.75) is 32.0 Å². The summed E-state index contributed by atoms with van der Waals surface area (Å²) in [5.74, 6) is 1.36. The highest BCUT2D eigenvalue weighted by Gasteiger charge is 2.42. The molecule has 0 radical (unpaired) electrons. The zero-order chi connectivity index (χ0) is 22.7. The van der Waals surface area contributed by atoms with Crippen molar-refractivity contribution in [3.63, 3.8) is 0 Å². The minimum atomic E-state index is -0.348. The summed E-state index contributed by atoms with van der Waals surface area (Å²) < 4.78 is 16.0. The molecule has 2 heterocycles. The predicted octanol–water partition coefficient (Wildman–Crippen LogP) is 3.89. The Hall–Kier alpha value is -3.42. The molecule has 1 fully saturated rings. The van der Waals surface area contributed by atoms with Gasteiger partial charge in [0.1, 0.15) is 17.7 Å². The standard InChI is InChI=1S/C24H29N3O5/c1-4-32-24(29)26-13-11-16(12-14-26)27-22(18-7-5-6-8-19(18)23(27)28)25-20-15-17(30-2)9-10-21(20)31-3/h5-10,15-16,22,25H,4,11-14H2,1-3H3/t22-/m0/s1. The quantitative estimate of drug-likeness (QED) is 0.736. The van der Waals surface area contributed by atoms with E-state index >= 15 is 0 Å². The van der Waals surface area contributed by atoms with Gasteiger partial charge in [0.2, 0.25) is 0 Å². The monoisotopic (exact) mass is 439 g/mol. The molecule has 8 heteroatoms. The van der Waals surface area contributed by atoms with E-state index in [0.29, 0.717) is 49.6 Å². The van der Waals surface area contributed by atoms with E-state index in [1.54, 1.807) is 26.0 Å². The summed E-state index contributed by atoms with van der Waals surface area (Å²) >= 11 is 0. The fourth-order valence-corrected chi connectivity index (χ4v) is 4.48. The molecule has 2 aliphatic rings. The molecule has 32 heavy (non-hydrogen) atoms. The Morgan fingerprint density at radius 2 is 1.84 bits per heavy atom. The largest absolute Gasteiger partial charge is 0.497 e. The van der Waals surface area contributed by atoms with Crippen LogP contribution in [-0.4, -0.2) is 61.8 Å². The van der Waals surface area contributed by atoms with E-state index in [0.717, 1.165) is 11.3 Å². The third kappa shape index (κ3) is 4.04. The number of carbonyl (C=O) groups excluding carboxylic acids is 2. The van der Waals surface area contributed by atoms with Gasteiger partial charge in [-0.2, -0.15) is 0 Å². The second-order valence-corrected chi connectivity index (χ2v) is 7.83. The van der Waals surface area contributed by atoms with E-state index in [1.807, 2.05) is 47.4 Å². The lowest BCUT2D eigenvalue weighted by atomic mass is 10.0. The minimum absolute atomic E-state index is 0.00493. The van der Waals surface area contributed by atoms with Gasteiger partial charge in [0, 0.05) is 36.3 Å². The number of anilines is 1. The molecule has 2 aromatic carbocycles. The predicted molar refractivity (Wildman–Crippen MR) is 120 cm³/mol. The van der Waals surface area contributed by atoms with Gasteiger partial charge < -0.3 is 29.3 Å². The normalized spacial score (nSPS) is 18.3.